The van der Waals surface area contributed by atoms with E-state index in [1.165, 1.54) is 11.0 Å². The van der Waals surface area contributed by atoms with Crippen molar-refractivity contribution in [3.8, 4) is 0 Å². The van der Waals surface area contributed by atoms with Crippen LogP contribution in [0.1, 0.15) is 25.3 Å². The van der Waals surface area contributed by atoms with Crippen molar-refractivity contribution in [3.63, 3.8) is 0 Å². The predicted molar refractivity (Wildman–Crippen MR) is 65.2 cm³/mol. The average molecular weight is 253 g/mol. The van der Waals surface area contributed by atoms with Crippen LogP contribution in [0.25, 0.3) is 0 Å². The number of aliphatic hydroxyl groups excluding tert-OH is 1. The Labute approximate surface area is 105 Å². The summed E-state index contributed by atoms with van der Waals surface area (Å²) < 4.78 is 18.7. The molecule has 18 heavy (non-hydrogen) atoms. The van der Waals surface area contributed by atoms with Crippen molar-refractivity contribution in [1.82, 2.24) is 0 Å². The summed E-state index contributed by atoms with van der Waals surface area (Å²) in [6.45, 7) is 3.83. The van der Waals surface area contributed by atoms with Gasteiger partial charge >= 0.3 is 6.09 Å². The highest BCUT2D eigenvalue weighted by Gasteiger charge is 2.32. The van der Waals surface area contributed by atoms with E-state index in [-0.39, 0.29) is 24.9 Å². The summed E-state index contributed by atoms with van der Waals surface area (Å²) in [7, 11) is 0. The molecule has 0 saturated carbocycles. The second-order valence-corrected chi connectivity index (χ2v) is 4.66. The summed E-state index contributed by atoms with van der Waals surface area (Å²) in [5.41, 5.74) is 1.07. The van der Waals surface area contributed by atoms with E-state index < -0.39 is 12.2 Å². The van der Waals surface area contributed by atoms with Gasteiger partial charge in [-0.15, -0.1) is 0 Å². The smallest absolute Gasteiger partial charge is 0.414 e. The maximum absolute atomic E-state index is 13.8. The third-order valence-corrected chi connectivity index (χ3v) is 3.00. The van der Waals surface area contributed by atoms with E-state index in [2.05, 4.69) is 0 Å². The molecule has 1 atom stereocenters. The Morgan fingerprint density at radius 3 is 2.78 bits per heavy atom. The van der Waals surface area contributed by atoms with Crippen LogP contribution in [0.5, 0.6) is 0 Å². The molecule has 1 N–H and O–H groups in total. The van der Waals surface area contributed by atoms with Gasteiger partial charge in [0.15, 0.2) is 0 Å². The topological polar surface area (TPSA) is 49.8 Å². The number of cyclic esters (lactones) is 1. The molecule has 1 aliphatic heterocycles. The van der Waals surface area contributed by atoms with Gasteiger partial charge in [0.25, 0.3) is 0 Å². The van der Waals surface area contributed by atoms with Gasteiger partial charge in [0, 0.05) is 0 Å². The standard InChI is InChI=1S/C13H16FNO3/c1-8(2)11-4-3-9(5-12(11)14)15-6-10(7-16)18-13(15)17/h3-5,8,10,16H,6-7H2,1-2H3. The molecule has 1 saturated heterocycles. The molecule has 0 bridgehead atoms. The van der Waals surface area contributed by atoms with E-state index in [1.54, 1.807) is 12.1 Å². The number of aliphatic hydroxyl groups is 1. The zero-order valence-corrected chi connectivity index (χ0v) is 10.4. The molecule has 98 valence electrons. The van der Waals surface area contributed by atoms with Crippen molar-refractivity contribution >= 4 is 11.8 Å². The lowest BCUT2D eigenvalue weighted by molar-refractivity contribution is 0.0963. The summed E-state index contributed by atoms with van der Waals surface area (Å²) >= 11 is 0. The minimum Gasteiger partial charge on any atom is -0.441 e. The van der Waals surface area contributed by atoms with E-state index in [1.807, 2.05) is 13.8 Å². The lowest BCUT2D eigenvalue weighted by atomic mass is 10.0. The highest BCUT2D eigenvalue weighted by Crippen LogP contribution is 2.26. The Morgan fingerprint density at radius 1 is 1.56 bits per heavy atom. The minimum atomic E-state index is -0.550. The van der Waals surface area contributed by atoms with Crippen LogP contribution in [-0.4, -0.2) is 30.5 Å². The Bertz CT molecular complexity index is 462. The van der Waals surface area contributed by atoms with E-state index in [9.17, 15) is 9.18 Å². The van der Waals surface area contributed by atoms with Gasteiger partial charge in [-0.25, -0.2) is 9.18 Å². The molecule has 1 aromatic carbocycles. The maximum atomic E-state index is 13.8. The zero-order chi connectivity index (χ0) is 13.3. The molecule has 1 amide bonds. The number of carbonyl (C=O) groups excluding carboxylic acids is 1. The first-order valence-corrected chi connectivity index (χ1v) is 5.91. The van der Waals surface area contributed by atoms with Crippen LogP contribution >= 0.6 is 0 Å². The highest BCUT2D eigenvalue weighted by atomic mass is 19.1. The second-order valence-electron chi connectivity index (χ2n) is 4.66. The number of halogens is 1. The molecule has 0 spiro atoms. The summed E-state index contributed by atoms with van der Waals surface area (Å²) in [6, 6.07) is 4.70. The first kappa shape index (κ1) is 12.8. The van der Waals surface area contributed by atoms with Crippen molar-refractivity contribution in [2.75, 3.05) is 18.1 Å². The van der Waals surface area contributed by atoms with Crippen molar-refractivity contribution in [1.29, 1.82) is 0 Å². The molecule has 4 nitrogen and oxygen atoms in total. The third-order valence-electron chi connectivity index (χ3n) is 3.00. The van der Waals surface area contributed by atoms with Gasteiger partial charge in [0.2, 0.25) is 0 Å². The zero-order valence-electron chi connectivity index (χ0n) is 10.4. The number of hydrogen-bond acceptors (Lipinski definition) is 3. The van der Waals surface area contributed by atoms with Crippen LogP contribution in [-0.2, 0) is 4.74 Å². The number of rotatable bonds is 3. The number of nitrogens with zero attached hydrogens (tertiary/aromatic N) is 1. The Balaban J connectivity index is 2.25. The van der Waals surface area contributed by atoms with Gasteiger partial charge in [0.1, 0.15) is 11.9 Å². The molecule has 1 fully saturated rings. The lowest BCUT2D eigenvalue weighted by Crippen LogP contribution is -2.25. The summed E-state index contributed by atoms with van der Waals surface area (Å²) in [5.74, 6) is -0.238. The lowest BCUT2D eigenvalue weighted by Gasteiger charge is -2.15. The van der Waals surface area contributed by atoms with Crippen LogP contribution in [0.3, 0.4) is 0 Å². The SMILES string of the molecule is CC(C)c1ccc(N2CC(CO)OC2=O)cc1F. The van der Waals surface area contributed by atoms with Gasteiger partial charge in [0.05, 0.1) is 18.8 Å². The monoisotopic (exact) mass is 253 g/mol. The molecule has 5 heteroatoms. The molecule has 0 aromatic heterocycles. The van der Waals surface area contributed by atoms with Crippen LogP contribution in [0.4, 0.5) is 14.9 Å². The van der Waals surface area contributed by atoms with Crippen LogP contribution in [0.2, 0.25) is 0 Å². The molecular formula is C13H16FNO3. The normalized spacial score (nSPS) is 19.5. The molecule has 0 aliphatic carbocycles. The Hall–Kier alpha value is -1.62. The number of anilines is 1. The van der Waals surface area contributed by atoms with Gasteiger partial charge in [-0.1, -0.05) is 19.9 Å². The number of amides is 1. The number of benzene rings is 1. The van der Waals surface area contributed by atoms with E-state index >= 15 is 0 Å². The Kier molecular flexibility index (Phi) is 3.52. The minimum absolute atomic E-state index is 0.0924. The van der Waals surface area contributed by atoms with Gasteiger partial charge < -0.3 is 9.84 Å². The van der Waals surface area contributed by atoms with Gasteiger partial charge in [-0.2, -0.15) is 0 Å². The van der Waals surface area contributed by atoms with Crippen molar-refractivity contribution in [2.45, 2.75) is 25.9 Å². The molecular weight excluding hydrogens is 237 g/mol. The van der Waals surface area contributed by atoms with Crippen molar-refractivity contribution in [3.05, 3.63) is 29.6 Å². The largest absolute Gasteiger partial charge is 0.441 e. The molecule has 1 heterocycles. The maximum Gasteiger partial charge on any atom is 0.414 e. The fourth-order valence-electron chi connectivity index (χ4n) is 1.98. The molecule has 2 rings (SSSR count). The number of carbonyl (C=O) groups is 1. The van der Waals surface area contributed by atoms with Crippen LogP contribution < -0.4 is 4.90 Å². The van der Waals surface area contributed by atoms with Crippen molar-refractivity contribution in [2.24, 2.45) is 0 Å². The predicted octanol–water partition coefficient (Wildman–Crippen LogP) is 2.27. The first-order chi connectivity index (χ1) is 8.52. The average Bonchev–Trinajstić information content (AvgIpc) is 2.70. The van der Waals surface area contributed by atoms with E-state index in [4.69, 9.17) is 9.84 Å². The Morgan fingerprint density at radius 2 is 2.28 bits per heavy atom. The van der Waals surface area contributed by atoms with E-state index in [0.29, 0.717) is 11.3 Å². The van der Waals surface area contributed by atoms with E-state index in [0.717, 1.165) is 0 Å². The van der Waals surface area contributed by atoms with Gasteiger partial charge in [-0.3, -0.25) is 4.90 Å². The summed E-state index contributed by atoms with van der Waals surface area (Å²) in [4.78, 5) is 12.9. The molecule has 1 unspecified atom stereocenters. The number of ether oxygens (including phenoxy) is 1. The summed E-state index contributed by atoms with van der Waals surface area (Å²) in [6.07, 6.45) is -1.09. The fraction of sp³-hybridized carbons (Fsp3) is 0.462. The molecule has 1 aliphatic rings. The van der Waals surface area contributed by atoms with Gasteiger partial charge in [-0.05, 0) is 23.6 Å². The van der Waals surface area contributed by atoms with Crippen LogP contribution in [0.15, 0.2) is 18.2 Å². The fourth-order valence-corrected chi connectivity index (χ4v) is 1.98. The third kappa shape index (κ3) is 2.31. The first-order valence-electron chi connectivity index (χ1n) is 5.91. The van der Waals surface area contributed by atoms with Crippen molar-refractivity contribution < 1.29 is 19.0 Å². The quantitative estimate of drug-likeness (QED) is 0.899. The second kappa shape index (κ2) is 4.94. The van der Waals surface area contributed by atoms with Crippen LogP contribution in [0, 0.1) is 5.82 Å². The molecule has 1 aromatic rings. The summed E-state index contributed by atoms with van der Waals surface area (Å²) in [5, 5.41) is 8.94. The molecule has 0 radical (unpaired) electrons. The number of hydrogen-bond donors (Lipinski definition) is 1. The highest BCUT2D eigenvalue weighted by molar-refractivity contribution is 5.89.